The number of fused-ring (bicyclic) bond motifs is 6. The van der Waals surface area contributed by atoms with E-state index in [-0.39, 0.29) is 70.4 Å². The molecule has 21 heteroatoms. The lowest BCUT2D eigenvalue weighted by molar-refractivity contribution is -0.137. The third kappa shape index (κ3) is 11.3. The van der Waals surface area contributed by atoms with Gasteiger partial charge in [0.25, 0.3) is 11.8 Å². The molecule has 0 fully saturated rings. The summed E-state index contributed by atoms with van der Waals surface area (Å²) >= 11 is 5.68. The van der Waals surface area contributed by atoms with Crippen molar-refractivity contribution < 1.29 is 68.5 Å². The van der Waals surface area contributed by atoms with Gasteiger partial charge in [0.05, 0.1) is 25.6 Å². The molecule has 1 spiro atoms. The number of sulfonamides is 1. The van der Waals surface area contributed by atoms with Crippen molar-refractivity contribution in [2.75, 3.05) is 68.3 Å². The van der Waals surface area contributed by atoms with E-state index in [0.29, 0.717) is 23.4 Å². The lowest BCUT2D eigenvalue weighted by atomic mass is 9.75. The third-order valence-corrected chi connectivity index (χ3v) is 11.6. The van der Waals surface area contributed by atoms with E-state index in [1.807, 2.05) is 0 Å². The molecule has 2 heterocycles. The molecule has 0 saturated heterocycles. The Morgan fingerprint density at radius 2 is 1.35 bits per heavy atom. The zero-order chi connectivity index (χ0) is 43.7. The van der Waals surface area contributed by atoms with Gasteiger partial charge in [-0.3, -0.25) is 14.4 Å². The molecule has 4 N–H and O–H groups in total. The molecule has 2 aliphatic rings. The summed E-state index contributed by atoms with van der Waals surface area (Å²) in [6.45, 7) is -1.63. The molecule has 3 aromatic rings. The van der Waals surface area contributed by atoms with Crippen LogP contribution in [0.1, 0.15) is 75.9 Å². The number of anilines is 2. The number of benzene rings is 3. The van der Waals surface area contributed by atoms with Gasteiger partial charge in [-0.15, -0.1) is 11.6 Å². The predicted molar refractivity (Wildman–Crippen MR) is 208 cm³/mol. The molecule has 0 bridgehead atoms. The maximum absolute atomic E-state index is 14.5. The largest absolute Gasteiger partial charge is 0.481 e. The molecule has 2 aliphatic heterocycles. The average molecular weight is 893 g/mol. The second kappa shape index (κ2) is 19.7. The fraction of sp³-hybridized carbons (Fsp3) is 0.462. The Labute approximate surface area is 346 Å². The van der Waals surface area contributed by atoms with Crippen LogP contribution in [0, 0.1) is 0 Å². The maximum Gasteiger partial charge on any atom is 0.405 e. The summed E-state index contributed by atoms with van der Waals surface area (Å²) in [6, 6.07) is 10.9. The van der Waals surface area contributed by atoms with Crippen LogP contribution in [0.4, 0.5) is 37.7 Å². The second-order valence-corrected chi connectivity index (χ2v) is 16.2. The summed E-state index contributed by atoms with van der Waals surface area (Å²) in [4.78, 5) is 39.4. The highest BCUT2D eigenvalue weighted by molar-refractivity contribution is 7.89. The Morgan fingerprint density at radius 3 is 1.92 bits per heavy atom. The molecule has 0 radical (unpaired) electrons. The second-order valence-electron chi connectivity index (χ2n) is 13.9. The molecule has 328 valence electrons. The van der Waals surface area contributed by atoms with Gasteiger partial charge in [-0.1, -0.05) is 25.0 Å². The van der Waals surface area contributed by atoms with Gasteiger partial charge in [-0.2, -0.15) is 26.3 Å². The van der Waals surface area contributed by atoms with Gasteiger partial charge in [-0.05, 0) is 49.6 Å². The molecule has 60 heavy (non-hydrogen) atoms. The van der Waals surface area contributed by atoms with Crippen LogP contribution in [0.3, 0.4) is 0 Å². The summed E-state index contributed by atoms with van der Waals surface area (Å²) in [5.74, 6) is -3.81. The first-order valence-electron chi connectivity index (χ1n) is 18.9. The fourth-order valence-corrected chi connectivity index (χ4v) is 8.84. The number of carbonyl (C=O) groups excluding carboxylic acids is 2. The maximum atomic E-state index is 14.5. The van der Waals surface area contributed by atoms with Crippen LogP contribution in [0.25, 0.3) is 0 Å². The minimum absolute atomic E-state index is 0.0370. The number of rotatable bonds is 22. The van der Waals surface area contributed by atoms with E-state index in [4.69, 9.17) is 25.8 Å². The first-order chi connectivity index (χ1) is 28.4. The number of aliphatic carboxylic acids is 1. The highest BCUT2D eigenvalue weighted by Crippen LogP contribution is 2.59. The van der Waals surface area contributed by atoms with E-state index in [1.54, 1.807) is 0 Å². The number of alkyl halides is 7. The number of unbranched alkanes of at least 4 members (excludes halogenated alkanes) is 3. The SMILES string of the molecule is O=C(O)CCCS(=O)(=O)N1C(=O)c2ccc(C(=O)NCCOCCOCCCCCCCl)cc2C12c1ccc(NCC(F)(F)F)cc1Oc1cc(NCC(F)(F)F)ccc12. The number of nitrogens with one attached hydrogen (secondary N) is 3. The number of nitrogens with zero attached hydrogens (tertiary/aromatic N) is 1. The van der Waals surface area contributed by atoms with Gasteiger partial charge < -0.3 is 35.3 Å². The van der Waals surface area contributed by atoms with Gasteiger partial charge in [0.15, 0.2) is 0 Å². The van der Waals surface area contributed by atoms with E-state index < -0.39 is 77.4 Å². The van der Waals surface area contributed by atoms with Crippen LogP contribution >= 0.6 is 11.6 Å². The molecule has 0 saturated carbocycles. The summed E-state index contributed by atoms with van der Waals surface area (Å²) in [6.07, 6.45) is -6.47. The normalized spacial score (nSPS) is 14.3. The van der Waals surface area contributed by atoms with Crippen molar-refractivity contribution in [1.29, 1.82) is 0 Å². The minimum atomic E-state index is -4.81. The quantitative estimate of drug-likeness (QED) is 0.0455. The number of carboxylic acids is 1. The smallest absolute Gasteiger partial charge is 0.405 e. The monoisotopic (exact) mass is 892 g/mol. The zero-order valence-electron chi connectivity index (χ0n) is 32.0. The van der Waals surface area contributed by atoms with Crippen LogP contribution in [0.5, 0.6) is 11.5 Å². The molecule has 13 nitrogen and oxygen atoms in total. The van der Waals surface area contributed by atoms with Crippen molar-refractivity contribution >= 4 is 50.8 Å². The molecule has 0 aromatic heterocycles. The first kappa shape index (κ1) is 46.3. The van der Waals surface area contributed by atoms with Crippen LogP contribution in [-0.2, 0) is 29.8 Å². The predicted octanol–water partition coefficient (Wildman–Crippen LogP) is 7.25. The van der Waals surface area contributed by atoms with Gasteiger partial charge in [0.2, 0.25) is 10.0 Å². The van der Waals surface area contributed by atoms with Crippen LogP contribution in [-0.4, -0.2) is 106 Å². The Bertz CT molecular complexity index is 2070. The van der Waals surface area contributed by atoms with E-state index >= 15 is 0 Å². The van der Waals surface area contributed by atoms with Gasteiger partial charge in [0, 0.05) is 76.8 Å². The molecule has 0 unspecified atom stereocenters. The van der Waals surface area contributed by atoms with E-state index in [2.05, 4.69) is 16.0 Å². The Balaban J connectivity index is 1.53. The van der Waals surface area contributed by atoms with Gasteiger partial charge in [0.1, 0.15) is 30.1 Å². The molecular weight excluding hydrogens is 850 g/mol. The van der Waals surface area contributed by atoms with Gasteiger partial charge in [-0.25, -0.2) is 12.7 Å². The fourth-order valence-electron chi connectivity index (χ4n) is 6.90. The minimum Gasteiger partial charge on any atom is -0.481 e. The molecule has 5 rings (SSSR count). The summed E-state index contributed by atoms with van der Waals surface area (Å²) < 4.78 is 126. The Kier molecular flexibility index (Phi) is 15.2. The molecule has 3 aromatic carbocycles. The number of amides is 2. The number of carbonyl (C=O) groups is 3. The topological polar surface area (TPSA) is 173 Å². The average Bonchev–Trinajstić information content (AvgIpc) is 3.44. The highest BCUT2D eigenvalue weighted by Gasteiger charge is 2.60. The van der Waals surface area contributed by atoms with Crippen LogP contribution in [0.2, 0.25) is 0 Å². The number of hydrogen-bond donors (Lipinski definition) is 4. The Hall–Kier alpha value is -4.79. The standard InChI is InChI=1S/C39H43ClF6N4O9S/c40-13-3-1-2-4-15-57-17-18-58-16-14-47-35(53)25-7-10-28-31(20-25)39(50(36(28)54)60(55,56)19-5-6-34(51)52)29-11-8-26(48-23-37(41,42)43)21-32(29)59-33-22-27(9-12-30(33)39)49-24-38(44,45)46/h7-12,20-22,48-49H,1-6,13-19,23-24H2,(H,47,53)(H,51,52). The lowest BCUT2D eigenvalue weighted by Gasteiger charge is -2.43. The Morgan fingerprint density at radius 1 is 0.767 bits per heavy atom. The van der Waals surface area contributed by atoms with Crippen LogP contribution < -0.4 is 20.7 Å². The lowest BCUT2D eigenvalue weighted by Crippen LogP contribution is -2.51. The first-order valence-corrected chi connectivity index (χ1v) is 21.0. The van der Waals surface area contributed by atoms with Crippen molar-refractivity contribution in [3.63, 3.8) is 0 Å². The van der Waals surface area contributed by atoms with Gasteiger partial charge >= 0.3 is 18.3 Å². The summed E-state index contributed by atoms with van der Waals surface area (Å²) in [5, 5.41) is 16.4. The number of ether oxygens (including phenoxy) is 3. The van der Waals surface area contributed by atoms with E-state index in [0.717, 1.165) is 37.8 Å². The van der Waals surface area contributed by atoms with Crippen molar-refractivity contribution in [3.8, 4) is 11.5 Å². The highest BCUT2D eigenvalue weighted by atomic mass is 35.5. The van der Waals surface area contributed by atoms with Crippen molar-refractivity contribution in [2.24, 2.45) is 0 Å². The summed E-state index contributed by atoms with van der Waals surface area (Å²) in [5.41, 5.74) is -3.02. The van der Waals surface area contributed by atoms with Crippen LogP contribution in [0.15, 0.2) is 54.6 Å². The van der Waals surface area contributed by atoms with E-state index in [9.17, 15) is 54.3 Å². The number of halogens is 7. The van der Waals surface area contributed by atoms with Crippen molar-refractivity contribution in [3.05, 3.63) is 82.4 Å². The van der Waals surface area contributed by atoms with Crippen molar-refractivity contribution in [1.82, 2.24) is 9.62 Å². The molecule has 0 atom stereocenters. The zero-order valence-corrected chi connectivity index (χ0v) is 33.6. The number of hydrogen-bond acceptors (Lipinski definition) is 10. The molecule has 2 amide bonds. The molecule has 0 aliphatic carbocycles. The number of carboxylic acid groups (broad SMARTS) is 1. The van der Waals surface area contributed by atoms with E-state index in [1.165, 1.54) is 42.5 Å². The summed E-state index contributed by atoms with van der Waals surface area (Å²) in [7, 11) is -4.81. The van der Waals surface area contributed by atoms with Crippen molar-refractivity contribution in [2.45, 2.75) is 56.4 Å². The molecular formula is C39H43ClF6N4O9S. The third-order valence-electron chi connectivity index (χ3n) is 9.49.